The fourth-order valence-corrected chi connectivity index (χ4v) is 2.31. The van der Waals surface area contributed by atoms with Crippen molar-refractivity contribution in [2.75, 3.05) is 13.2 Å². The van der Waals surface area contributed by atoms with Gasteiger partial charge in [0.1, 0.15) is 0 Å². The van der Waals surface area contributed by atoms with Crippen LogP contribution >= 0.6 is 0 Å². The van der Waals surface area contributed by atoms with Crippen LogP contribution in [0.4, 0.5) is 0 Å². The molecule has 0 aromatic heterocycles. The topological polar surface area (TPSA) is 60.8 Å². The smallest absolute Gasteiger partial charge is 0.335 e. The van der Waals surface area contributed by atoms with E-state index < -0.39 is 5.97 Å². The Bertz CT molecular complexity index is 415. The number of aliphatic hydroxyl groups excluding tert-OH is 1. The standard InChI is InChI=1S/C14H19NO3/c16-8-7-15(13-5-2-6-13)10-11-3-1-4-12(9-11)14(17)18/h1,3-4,9,13,16H,2,5-8,10H2,(H,17,18). The highest BCUT2D eigenvalue weighted by Crippen LogP contribution is 2.26. The average Bonchev–Trinajstić information content (AvgIpc) is 2.27. The minimum absolute atomic E-state index is 0.148. The molecule has 0 bridgehead atoms. The van der Waals surface area contributed by atoms with Crippen LogP contribution in [-0.4, -0.2) is 40.3 Å². The maximum atomic E-state index is 10.9. The van der Waals surface area contributed by atoms with E-state index in [1.807, 2.05) is 6.07 Å². The maximum absolute atomic E-state index is 10.9. The first-order valence-corrected chi connectivity index (χ1v) is 6.38. The Labute approximate surface area is 107 Å². The number of benzene rings is 1. The lowest BCUT2D eigenvalue weighted by Crippen LogP contribution is -2.41. The van der Waals surface area contributed by atoms with E-state index >= 15 is 0 Å². The monoisotopic (exact) mass is 249 g/mol. The maximum Gasteiger partial charge on any atom is 0.335 e. The number of hydrogen-bond acceptors (Lipinski definition) is 3. The highest BCUT2D eigenvalue weighted by Gasteiger charge is 2.24. The van der Waals surface area contributed by atoms with Crippen LogP contribution in [0.3, 0.4) is 0 Å². The van der Waals surface area contributed by atoms with Crippen molar-refractivity contribution in [2.24, 2.45) is 0 Å². The summed E-state index contributed by atoms with van der Waals surface area (Å²) in [4.78, 5) is 13.2. The molecule has 0 radical (unpaired) electrons. The van der Waals surface area contributed by atoms with E-state index in [1.54, 1.807) is 18.2 Å². The first-order valence-electron chi connectivity index (χ1n) is 6.38. The van der Waals surface area contributed by atoms with Crippen molar-refractivity contribution in [3.8, 4) is 0 Å². The number of nitrogens with zero attached hydrogens (tertiary/aromatic N) is 1. The number of aromatic carboxylic acids is 1. The molecule has 2 N–H and O–H groups in total. The first-order chi connectivity index (χ1) is 8.70. The van der Waals surface area contributed by atoms with Gasteiger partial charge in [0.05, 0.1) is 12.2 Å². The van der Waals surface area contributed by atoms with Crippen LogP contribution in [0, 0.1) is 0 Å². The molecule has 1 aliphatic rings. The number of carboxylic acids is 1. The van der Waals surface area contributed by atoms with Gasteiger partial charge in [0.2, 0.25) is 0 Å². The van der Waals surface area contributed by atoms with Gasteiger partial charge in [-0.3, -0.25) is 4.90 Å². The third-order valence-corrected chi connectivity index (χ3v) is 3.54. The molecule has 2 rings (SSSR count). The Morgan fingerprint density at radius 3 is 2.72 bits per heavy atom. The normalized spacial score (nSPS) is 15.7. The zero-order valence-electron chi connectivity index (χ0n) is 10.4. The second kappa shape index (κ2) is 5.98. The van der Waals surface area contributed by atoms with Crippen molar-refractivity contribution in [1.29, 1.82) is 0 Å². The number of rotatable bonds is 6. The van der Waals surface area contributed by atoms with E-state index in [2.05, 4.69) is 4.90 Å². The Morgan fingerprint density at radius 1 is 1.39 bits per heavy atom. The second-order valence-corrected chi connectivity index (χ2v) is 4.78. The molecule has 1 aromatic carbocycles. The van der Waals surface area contributed by atoms with Crippen LogP contribution in [0.1, 0.15) is 35.2 Å². The zero-order valence-corrected chi connectivity index (χ0v) is 10.4. The fourth-order valence-electron chi connectivity index (χ4n) is 2.31. The minimum atomic E-state index is -0.894. The van der Waals surface area contributed by atoms with Crippen LogP contribution in [0.2, 0.25) is 0 Å². The van der Waals surface area contributed by atoms with E-state index in [1.165, 1.54) is 19.3 Å². The van der Waals surface area contributed by atoms with Gasteiger partial charge in [-0.05, 0) is 30.5 Å². The predicted molar refractivity (Wildman–Crippen MR) is 68.5 cm³/mol. The van der Waals surface area contributed by atoms with Crippen molar-refractivity contribution in [3.63, 3.8) is 0 Å². The summed E-state index contributed by atoms with van der Waals surface area (Å²) >= 11 is 0. The van der Waals surface area contributed by atoms with Crippen molar-refractivity contribution < 1.29 is 15.0 Å². The lowest BCUT2D eigenvalue weighted by molar-refractivity contribution is 0.0696. The molecule has 0 heterocycles. The van der Waals surface area contributed by atoms with Crippen LogP contribution in [0.25, 0.3) is 0 Å². The van der Waals surface area contributed by atoms with Crippen LogP contribution in [0.5, 0.6) is 0 Å². The van der Waals surface area contributed by atoms with E-state index in [4.69, 9.17) is 10.2 Å². The second-order valence-electron chi connectivity index (χ2n) is 4.78. The Hall–Kier alpha value is -1.39. The molecule has 0 saturated heterocycles. The number of carboxylic acid groups (broad SMARTS) is 1. The predicted octanol–water partition coefficient (Wildman–Crippen LogP) is 1.73. The van der Waals surface area contributed by atoms with Crippen molar-refractivity contribution in [1.82, 2.24) is 4.90 Å². The van der Waals surface area contributed by atoms with Gasteiger partial charge >= 0.3 is 5.97 Å². The SMILES string of the molecule is O=C(O)c1cccc(CN(CCO)C2CCC2)c1. The third-order valence-electron chi connectivity index (χ3n) is 3.54. The number of hydrogen-bond donors (Lipinski definition) is 2. The molecule has 0 aliphatic heterocycles. The quantitative estimate of drug-likeness (QED) is 0.806. The van der Waals surface area contributed by atoms with Crippen molar-refractivity contribution in [3.05, 3.63) is 35.4 Å². The van der Waals surface area contributed by atoms with E-state index in [-0.39, 0.29) is 6.61 Å². The summed E-state index contributed by atoms with van der Waals surface area (Å²) in [6, 6.07) is 7.58. The molecule has 1 aliphatic carbocycles. The van der Waals surface area contributed by atoms with Gasteiger partial charge in [0, 0.05) is 19.1 Å². The highest BCUT2D eigenvalue weighted by molar-refractivity contribution is 5.87. The third kappa shape index (κ3) is 3.09. The lowest BCUT2D eigenvalue weighted by atomic mass is 9.91. The molecule has 1 saturated carbocycles. The Kier molecular flexibility index (Phi) is 4.33. The summed E-state index contributed by atoms with van der Waals surface area (Å²) in [5.74, 6) is -0.894. The summed E-state index contributed by atoms with van der Waals surface area (Å²) in [5, 5.41) is 18.0. The lowest BCUT2D eigenvalue weighted by Gasteiger charge is -2.37. The number of aliphatic hydroxyl groups is 1. The molecular weight excluding hydrogens is 230 g/mol. The van der Waals surface area contributed by atoms with E-state index in [0.717, 1.165) is 5.56 Å². The van der Waals surface area contributed by atoms with Gasteiger partial charge in [-0.1, -0.05) is 18.6 Å². The molecule has 18 heavy (non-hydrogen) atoms. The summed E-state index contributed by atoms with van der Waals surface area (Å²) in [6.45, 7) is 1.52. The molecule has 1 fully saturated rings. The molecule has 0 unspecified atom stereocenters. The van der Waals surface area contributed by atoms with E-state index in [9.17, 15) is 4.79 Å². The summed E-state index contributed by atoms with van der Waals surface area (Å²) in [7, 11) is 0. The molecule has 0 atom stereocenters. The van der Waals surface area contributed by atoms with Gasteiger partial charge in [0.15, 0.2) is 0 Å². The van der Waals surface area contributed by atoms with Gasteiger partial charge in [0.25, 0.3) is 0 Å². The molecule has 1 aromatic rings. The van der Waals surface area contributed by atoms with Crippen LogP contribution in [-0.2, 0) is 6.54 Å². The largest absolute Gasteiger partial charge is 0.478 e. The fraction of sp³-hybridized carbons (Fsp3) is 0.500. The molecule has 0 spiro atoms. The average molecular weight is 249 g/mol. The summed E-state index contributed by atoms with van der Waals surface area (Å²) < 4.78 is 0. The molecule has 0 amide bonds. The number of carbonyl (C=O) groups is 1. The van der Waals surface area contributed by atoms with Gasteiger partial charge in [-0.25, -0.2) is 4.79 Å². The van der Waals surface area contributed by atoms with E-state index in [0.29, 0.717) is 24.7 Å². The van der Waals surface area contributed by atoms with Crippen LogP contribution < -0.4 is 0 Å². The van der Waals surface area contributed by atoms with Crippen LogP contribution in [0.15, 0.2) is 24.3 Å². The van der Waals surface area contributed by atoms with Crippen molar-refractivity contribution >= 4 is 5.97 Å². The minimum Gasteiger partial charge on any atom is -0.478 e. The molecular formula is C14H19NO3. The van der Waals surface area contributed by atoms with Gasteiger partial charge in [-0.15, -0.1) is 0 Å². The van der Waals surface area contributed by atoms with Gasteiger partial charge in [-0.2, -0.15) is 0 Å². The Morgan fingerprint density at radius 2 is 2.17 bits per heavy atom. The highest BCUT2D eigenvalue weighted by atomic mass is 16.4. The molecule has 4 nitrogen and oxygen atoms in total. The zero-order chi connectivity index (χ0) is 13.0. The Balaban J connectivity index is 2.05. The van der Waals surface area contributed by atoms with Gasteiger partial charge < -0.3 is 10.2 Å². The molecule has 4 heteroatoms. The first kappa shape index (κ1) is 13.1. The summed E-state index contributed by atoms with van der Waals surface area (Å²) in [6.07, 6.45) is 3.61. The van der Waals surface area contributed by atoms with Crippen molar-refractivity contribution in [2.45, 2.75) is 31.8 Å². The molecule has 98 valence electrons. The summed E-state index contributed by atoms with van der Waals surface area (Å²) in [5.41, 5.74) is 1.32.